The standard InChI is InChI=1S/C19H29F/c1-3-4-5-15(2)14-16-6-8-17(9-7-16)18-10-12-19(20)13-11-18/h10-13,15-17H,3-9,14H2,1-2H3. The van der Waals surface area contributed by atoms with Gasteiger partial charge in [-0.2, -0.15) is 0 Å². The highest BCUT2D eigenvalue weighted by atomic mass is 19.1. The van der Waals surface area contributed by atoms with E-state index in [-0.39, 0.29) is 5.82 Å². The molecule has 0 radical (unpaired) electrons. The van der Waals surface area contributed by atoms with Gasteiger partial charge in [-0.15, -0.1) is 0 Å². The van der Waals surface area contributed by atoms with E-state index in [9.17, 15) is 4.39 Å². The van der Waals surface area contributed by atoms with E-state index in [4.69, 9.17) is 0 Å². The number of halogens is 1. The minimum absolute atomic E-state index is 0.118. The van der Waals surface area contributed by atoms with Gasteiger partial charge in [0.1, 0.15) is 5.82 Å². The molecule has 0 saturated heterocycles. The summed E-state index contributed by atoms with van der Waals surface area (Å²) in [6, 6.07) is 7.16. The summed E-state index contributed by atoms with van der Waals surface area (Å²) in [4.78, 5) is 0. The minimum Gasteiger partial charge on any atom is -0.207 e. The molecule has 1 atom stereocenters. The van der Waals surface area contributed by atoms with Gasteiger partial charge in [-0.1, -0.05) is 45.2 Å². The normalized spacial score (nSPS) is 24.6. The second-order valence-corrected chi connectivity index (χ2v) is 6.75. The molecule has 0 nitrogen and oxygen atoms in total. The number of rotatable bonds is 6. The Balaban J connectivity index is 1.76. The SMILES string of the molecule is CCCCC(C)CC1CCC(c2ccc(F)cc2)CC1. The van der Waals surface area contributed by atoms with Crippen LogP contribution in [0.1, 0.15) is 76.7 Å². The topological polar surface area (TPSA) is 0 Å². The Bertz CT molecular complexity index is 373. The quantitative estimate of drug-likeness (QED) is 0.570. The highest BCUT2D eigenvalue weighted by Gasteiger charge is 2.23. The van der Waals surface area contributed by atoms with Gasteiger partial charge in [0, 0.05) is 0 Å². The van der Waals surface area contributed by atoms with Crippen molar-refractivity contribution < 1.29 is 4.39 Å². The van der Waals surface area contributed by atoms with Crippen molar-refractivity contribution in [3.8, 4) is 0 Å². The summed E-state index contributed by atoms with van der Waals surface area (Å²) in [5.74, 6) is 2.37. The van der Waals surface area contributed by atoms with Crippen LogP contribution in [0, 0.1) is 17.7 Å². The van der Waals surface area contributed by atoms with Crippen LogP contribution in [-0.4, -0.2) is 0 Å². The van der Waals surface area contributed by atoms with Crippen molar-refractivity contribution in [2.75, 3.05) is 0 Å². The van der Waals surface area contributed by atoms with Crippen LogP contribution in [0.4, 0.5) is 4.39 Å². The fourth-order valence-electron chi connectivity index (χ4n) is 3.71. The molecule has 1 saturated carbocycles. The Morgan fingerprint density at radius 2 is 1.75 bits per heavy atom. The van der Waals surface area contributed by atoms with Crippen LogP contribution in [0.2, 0.25) is 0 Å². The molecule has 0 spiro atoms. The molecule has 1 aliphatic carbocycles. The molecular formula is C19H29F. The van der Waals surface area contributed by atoms with E-state index in [0.29, 0.717) is 5.92 Å². The number of hydrogen-bond donors (Lipinski definition) is 0. The van der Waals surface area contributed by atoms with Gasteiger partial charge in [0.2, 0.25) is 0 Å². The molecule has 0 heterocycles. The number of hydrogen-bond acceptors (Lipinski definition) is 0. The van der Waals surface area contributed by atoms with Crippen LogP contribution in [0.15, 0.2) is 24.3 Å². The molecule has 2 rings (SSSR count). The molecule has 20 heavy (non-hydrogen) atoms. The van der Waals surface area contributed by atoms with Crippen LogP contribution >= 0.6 is 0 Å². The predicted molar refractivity (Wildman–Crippen MR) is 84.4 cm³/mol. The van der Waals surface area contributed by atoms with Gasteiger partial charge in [0.15, 0.2) is 0 Å². The Hall–Kier alpha value is -0.850. The molecule has 1 unspecified atom stereocenters. The molecule has 0 N–H and O–H groups in total. The summed E-state index contributed by atoms with van der Waals surface area (Å²) in [5, 5.41) is 0. The third-order valence-corrected chi connectivity index (χ3v) is 4.97. The van der Waals surface area contributed by atoms with Crippen LogP contribution in [-0.2, 0) is 0 Å². The zero-order valence-corrected chi connectivity index (χ0v) is 13.1. The smallest absolute Gasteiger partial charge is 0.123 e. The molecule has 0 amide bonds. The van der Waals surface area contributed by atoms with Gasteiger partial charge in [-0.05, 0) is 67.6 Å². The summed E-state index contributed by atoms with van der Waals surface area (Å²) in [7, 11) is 0. The first kappa shape index (κ1) is 15.5. The highest BCUT2D eigenvalue weighted by molar-refractivity contribution is 5.20. The molecule has 1 fully saturated rings. The first-order chi connectivity index (χ1) is 9.69. The van der Waals surface area contributed by atoms with Crippen molar-refractivity contribution in [2.24, 2.45) is 11.8 Å². The average molecular weight is 276 g/mol. The Morgan fingerprint density at radius 1 is 1.10 bits per heavy atom. The maximum atomic E-state index is 13.0. The van der Waals surface area contributed by atoms with Crippen molar-refractivity contribution in [1.82, 2.24) is 0 Å². The van der Waals surface area contributed by atoms with E-state index in [1.54, 1.807) is 12.1 Å². The summed E-state index contributed by atoms with van der Waals surface area (Å²) >= 11 is 0. The lowest BCUT2D eigenvalue weighted by Gasteiger charge is -2.30. The lowest BCUT2D eigenvalue weighted by Crippen LogP contribution is -2.15. The molecule has 1 aromatic rings. The second-order valence-electron chi connectivity index (χ2n) is 6.75. The van der Waals surface area contributed by atoms with Gasteiger partial charge in [-0.25, -0.2) is 4.39 Å². The fraction of sp³-hybridized carbons (Fsp3) is 0.684. The lowest BCUT2D eigenvalue weighted by atomic mass is 9.75. The van der Waals surface area contributed by atoms with Gasteiger partial charge in [-0.3, -0.25) is 0 Å². The first-order valence-electron chi connectivity index (χ1n) is 8.44. The summed E-state index contributed by atoms with van der Waals surface area (Å²) < 4.78 is 13.0. The molecule has 112 valence electrons. The summed E-state index contributed by atoms with van der Waals surface area (Å²) in [6.07, 6.45) is 10.8. The molecule has 1 aromatic carbocycles. The van der Waals surface area contributed by atoms with Crippen LogP contribution in [0.5, 0.6) is 0 Å². The lowest BCUT2D eigenvalue weighted by molar-refractivity contribution is 0.268. The molecule has 0 bridgehead atoms. The average Bonchev–Trinajstić information content (AvgIpc) is 2.47. The third-order valence-electron chi connectivity index (χ3n) is 4.97. The molecule has 1 aliphatic rings. The van der Waals surface area contributed by atoms with E-state index in [1.165, 1.54) is 56.9 Å². The van der Waals surface area contributed by atoms with Crippen LogP contribution in [0.25, 0.3) is 0 Å². The van der Waals surface area contributed by atoms with E-state index < -0.39 is 0 Å². The Morgan fingerprint density at radius 3 is 2.35 bits per heavy atom. The molecular weight excluding hydrogens is 247 g/mol. The fourth-order valence-corrected chi connectivity index (χ4v) is 3.71. The van der Waals surface area contributed by atoms with Gasteiger partial charge in [0.25, 0.3) is 0 Å². The van der Waals surface area contributed by atoms with Gasteiger partial charge >= 0.3 is 0 Å². The van der Waals surface area contributed by atoms with E-state index >= 15 is 0 Å². The van der Waals surface area contributed by atoms with E-state index in [2.05, 4.69) is 13.8 Å². The third kappa shape index (κ3) is 4.61. The Labute approximate surface area is 123 Å². The van der Waals surface area contributed by atoms with Crippen molar-refractivity contribution >= 4 is 0 Å². The van der Waals surface area contributed by atoms with Crippen molar-refractivity contribution in [2.45, 2.75) is 71.1 Å². The minimum atomic E-state index is -0.118. The second kappa shape index (κ2) is 7.81. The monoisotopic (exact) mass is 276 g/mol. The van der Waals surface area contributed by atoms with Crippen molar-refractivity contribution in [1.29, 1.82) is 0 Å². The largest absolute Gasteiger partial charge is 0.207 e. The molecule has 1 heteroatoms. The van der Waals surface area contributed by atoms with Crippen LogP contribution < -0.4 is 0 Å². The molecule has 0 aliphatic heterocycles. The van der Waals surface area contributed by atoms with E-state index in [1.807, 2.05) is 12.1 Å². The van der Waals surface area contributed by atoms with Gasteiger partial charge in [0.05, 0.1) is 0 Å². The predicted octanol–water partition coefficient (Wildman–Crippen LogP) is 6.32. The van der Waals surface area contributed by atoms with Crippen molar-refractivity contribution in [3.05, 3.63) is 35.6 Å². The first-order valence-corrected chi connectivity index (χ1v) is 8.44. The highest BCUT2D eigenvalue weighted by Crippen LogP contribution is 2.38. The van der Waals surface area contributed by atoms with Crippen LogP contribution in [0.3, 0.4) is 0 Å². The number of benzene rings is 1. The summed E-state index contributed by atoms with van der Waals surface area (Å²) in [5.41, 5.74) is 1.34. The molecule has 0 aromatic heterocycles. The van der Waals surface area contributed by atoms with Crippen molar-refractivity contribution in [3.63, 3.8) is 0 Å². The van der Waals surface area contributed by atoms with E-state index in [0.717, 1.165) is 11.8 Å². The Kier molecular flexibility index (Phi) is 6.06. The maximum absolute atomic E-state index is 13.0. The maximum Gasteiger partial charge on any atom is 0.123 e. The zero-order valence-electron chi connectivity index (χ0n) is 13.1. The zero-order chi connectivity index (χ0) is 14.4. The summed E-state index contributed by atoms with van der Waals surface area (Å²) in [6.45, 7) is 4.70. The van der Waals surface area contributed by atoms with Gasteiger partial charge < -0.3 is 0 Å². The number of unbranched alkanes of at least 4 members (excludes halogenated alkanes) is 1.